The van der Waals surface area contributed by atoms with Gasteiger partial charge in [0, 0.05) is 18.0 Å². The number of nitrogens with zero attached hydrogens (tertiary/aromatic N) is 4. The lowest BCUT2D eigenvalue weighted by Crippen LogP contribution is -1.95. The molecule has 3 aromatic rings. The molecule has 0 aliphatic carbocycles. The van der Waals surface area contributed by atoms with E-state index >= 15 is 0 Å². The highest BCUT2D eigenvalue weighted by Gasteiger charge is 2.07. The van der Waals surface area contributed by atoms with Crippen LogP contribution in [-0.4, -0.2) is 26.1 Å². The molecule has 104 valence electrons. The Morgan fingerprint density at radius 3 is 2.57 bits per heavy atom. The second-order valence-electron chi connectivity index (χ2n) is 4.20. The summed E-state index contributed by atoms with van der Waals surface area (Å²) in [5, 5.41) is 11.2. The molecule has 0 unspecified atom stereocenters. The summed E-state index contributed by atoms with van der Waals surface area (Å²) in [6.45, 7) is 0. The summed E-state index contributed by atoms with van der Waals surface area (Å²) in [6, 6.07) is 9.65. The number of nitrogens with one attached hydrogen (secondary N) is 1. The van der Waals surface area contributed by atoms with E-state index in [4.69, 9.17) is 12.2 Å². The lowest BCUT2D eigenvalue weighted by molar-refractivity contribution is 0.628. The smallest absolute Gasteiger partial charge is 0.216 e. The van der Waals surface area contributed by atoms with Gasteiger partial charge in [-0.2, -0.15) is 14.9 Å². The molecule has 2 heterocycles. The molecule has 1 aromatic carbocycles. The monoisotopic (exact) mass is 299 g/mol. The Morgan fingerprint density at radius 1 is 1.14 bits per heavy atom. The average molecular weight is 299 g/mol. The number of H-pyrrole nitrogens is 1. The van der Waals surface area contributed by atoms with Gasteiger partial charge in [-0.1, -0.05) is 12.1 Å². The summed E-state index contributed by atoms with van der Waals surface area (Å²) in [6.07, 6.45) is 4.93. The second kappa shape index (κ2) is 5.76. The molecule has 2 aromatic heterocycles. The quantitative estimate of drug-likeness (QED) is 0.597. The van der Waals surface area contributed by atoms with Crippen molar-refractivity contribution >= 4 is 18.4 Å². The largest absolute Gasteiger partial charge is 0.265 e. The maximum atomic E-state index is 12.9. The zero-order chi connectivity index (χ0) is 14.7. The summed E-state index contributed by atoms with van der Waals surface area (Å²) >= 11 is 5.16. The third-order valence-electron chi connectivity index (χ3n) is 2.78. The van der Waals surface area contributed by atoms with Gasteiger partial charge in [0.05, 0.1) is 6.21 Å². The van der Waals surface area contributed by atoms with E-state index in [9.17, 15) is 4.39 Å². The predicted molar refractivity (Wildman–Crippen MR) is 80.0 cm³/mol. The van der Waals surface area contributed by atoms with Crippen molar-refractivity contribution in [1.82, 2.24) is 19.9 Å². The van der Waals surface area contributed by atoms with Crippen molar-refractivity contribution < 1.29 is 4.39 Å². The van der Waals surface area contributed by atoms with E-state index in [0.29, 0.717) is 10.6 Å². The number of aromatic nitrogens is 4. The lowest BCUT2D eigenvalue weighted by Gasteiger charge is -2.00. The van der Waals surface area contributed by atoms with Crippen molar-refractivity contribution in [3.8, 4) is 11.4 Å². The van der Waals surface area contributed by atoms with Gasteiger partial charge in [0.1, 0.15) is 5.82 Å². The highest BCUT2D eigenvalue weighted by molar-refractivity contribution is 7.71. The first-order valence-electron chi connectivity index (χ1n) is 6.12. The van der Waals surface area contributed by atoms with Crippen LogP contribution in [0.2, 0.25) is 0 Å². The molecule has 0 atom stereocenters. The Bertz CT molecular complexity index is 821. The first-order valence-corrected chi connectivity index (χ1v) is 6.52. The maximum Gasteiger partial charge on any atom is 0.216 e. The van der Waals surface area contributed by atoms with E-state index in [-0.39, 0.29) is 5.82 Å². The standard InChI is InChI=1S/C14H10FN5S/c15-12-3-1-10(2-4-12)9-17-20-13(18-19-14(20)21)11-5-7-16-8-6-11/h1-9H,(H,19,21)/b17-9+. The molecule has 0 amide bonds. The van der Waals surface area contributed by atoms with Crippen molar-refractivity contribution in [3.63, 3.8) is 0 Å². The molecule has 0 spiro atoms. The average Bonchev–Trinajstić information content (AvgIpc) is 2.89. The predicted octanol–water partition coefficient (Wildman–Crippen LogP) is 3.02. The van der Waals surface area contributed by atoms with Gasteiger partial charge >= 0.3 is 0 Å². The van der Waals surface area contributed by atoms with E-state index in [1.165, 1.54) is 16.8 Å². The van der Waals surface area contributed by atoms with E-state index in [1.54, 1.807) is 30.7 Å². The van der Waals surface area contributed by atoms with Crippen molar-refractivity contribution in [2.24, 2.45) is 5.10 Å². The molecule has 3 rings (SSSR count). The van der Waals surface area contributed by atoms with Crippen LogP contribution in [0.25, 0.3) is 11.4 Å². The van der Waals surface area contributed by atoms with Crippen LogP contribution in [0.15, 0.2) is 53.9 Å². The molecule has 0 fully saturated rings. The third kappa shape index (κ3) is 2.92. The minimum absolute atomic E-state index is 0.287. The first kappa shape index (κ1) is 13.3. The van der Waals surface area contributed by atoms with Crippen LogP contribution >= 0.6 is 12.2 Å². The summed E-state index contributed by atoms with van der Waals surface area (Å²) in [5.74, 6) is 0.297. The highest BCUT2D eigenvalue weighted by atomic mass is 32.1. The van der Waals surface area contributed by atoms with Crippen LogP contribution in [0.5, 0.6) is 0 Å². The third-order valence-corrected chi connectivity index (χ3v) is 3.05. The number of hydrogen-bond donors (Lipinski definition) is 1. The fourth-order valence-corrected chi connectivity index (χ4v) is 1.94. The Kier molecular flexibility index (Phi) is 3.65. The van der Waals surface area contributed by atoms with Gasteiger partial charge in [-0.15, -0.1) is 0 Å². The first-order chi connectivity index (χ1) is 10.2. The van der Waals surface area contributed by atoms with E-state index in [2.05, 4.69) is 20.3 Å². The molecule has 7 heteroatoms. The lowest BCUT2D eigenvalue weighted by atomic mass is 10.2. The molecule has 0 saturated carbocycles. The SMILES string of the molecule is Fc1ccc(/C=N/n2c(-c3ccncc3)n[nH]c2=S)cc1. The summed E-state index contributed by atoms with van der Waals surface area (Å²) in [5.41, 5.74) is 1.61. The summed E-state index contributed by atoms with van der Waals surface area (Å²) in [4.78, 5) is 3.96. The molecular formula is C14H10FN5S. The topological polar surface area (TPSA) is 58.9 Å². The molecule has 21 heavy (non-hydrogen) atoms. The van der Waals surface area contributed by atoms with Crippen LogP contribution in [0, 0.1) is 10.6 Å². The number of halogens is 1. The maximum absolute atomic E-state index is 12.9. The van der Waals surface area contributed by atoms with E-state index in [1.807, 2.05) is 12.1 Å². The van der Waals surface area contributed by atoms with Crippen LogP contribution in [0.4, 0.5) is 4.39 Å². The molecular weight excluding hydrogens is 289 g/mol. The number of aromatic amines is 1. The number of benzene rings is 1. The van der Waals surface area contributed by atoms with Crippen LogP contribution in [0.3, 0.4) is 0 Å². The Morgan fingerprint density at radius 2 is 1.86 bits per heavy atom. The number of rotatable bonds is 3. The molecule has 0 saturated heterocycles. The molecule has 5 nitrogen and oxygen atoms in total. The van der Waals surface area contributed by atoms with Crippen molar-refractivity contribution in [1.29, 1.82) is 0 Å². The van der Waals surface area contributed by atoms with Gasteiger partial charge in [-0.3, -0.25) is 4.98 Å². The molecule has 1 N–H and O–H groups in total. The minimum Gasteiger partial charge on any atom is -0.265 e. The van der Waals surface area contributed by atoms with Crippen molar-refractivity contribution in [3.05, 3.63) is 64.9 Å². The molecule has 0 aliphatic heterocycles. The van der Waals surface area contributed by atoms with Crippen LogP contribution < -0.4 is 0 Å². The highest BCUT2D eigenvalue weighted by Crippen LogP contribution is 2.15. The van der Waals surface area contributed by atoms with E-state index in [0.717, 1.165) is 11.1 Å². The van der Waals surface area contributed by atoms with Gasteiger partial charge in [-0.25, -0.2) is 9.49 Å². The Labute approximate surface area is 124 Å². The zero-order valence-electron chi connectivity index (χ0n) is 10.8. The Hall–Kier alpha value is -2.67. The van der Waals surface area contributed by atoms with Gasteiger partial charge in [0.15, 0.2) is 5.82 Å². The summed E-state index contributed by atoms with van der Waals surface area (Å²) < 4.78 is 14.7. The fraction of sp³-hybridized carbons (Fsp3) is 0. The normalized spacial score (nSPS) is 11.1. The van der Waals surface area contributed by atoms with Gasteiger partial charge in [-0.05, 0) is 42.0 Å². The minimum atomic E-state index is -0.287. The second-order valence-corrected chi connectivity index (χ2v) is 4.58. The molecule has 0 aliphatic rings. The number of pyridine rings is 1. The zero-order valence-corrected chi connectivity index (χ0v) is 11.6. The van der Waals surface area contributed by atoms with Gasteiger partial charge in [0.2, 0.25) is 4.77 Å². The van der Waals surface area contributed by atoms with Crippen LogP contribution in [0.1, 0.15) is 5.56 Å². The van der Waals surface area contributed by atoms with Gasteiger partial charge in [0.25, 0.3) is 0 Å². The van der Waals surface area contributed by atoms with Gasteiger partial charge < -0.3 is 0 Å². The Balaban J connectivity index is 1.98. The summed E-state index contributed by atoms with van der Waals surface area (Å²) in [7, 11) is 0. The molecule has 0 bridgehead atoms. The fourth-order valence-electron chi connectivity index (χ4n) is 1.76. The number of hydrogen-bond acceptors (Lipinski definition) is 4. The van der Waals surface area contributed by atoms with Crippen LogP contribution in [-0.2, 0) is 0 Å². The molecule has 0 radical (unpaired) electrons. The van der Waals surface area contributed by atoms with Crippen molar-refractivity contribution in [2.45, 2.75) is 0 Å². The van der Waals surface area contributed by atoms with Crippen molar-refractivity contribution in [2.75, 3.05) is 0 Å². The van der Waals surface area contributed by atoms with E-state index < -0.39 is 0 Å².